The lowest BCUT2D eigenvalue weighted by molar-refractivity contribution is -0.384. The summed E-state index contributed by atoms with van der Waals surface area (Å²) in [6, 6.07) is 5.37. The first-order valence-corrected chi connectivity index (χ1v) is 9.00. The molecule has 0 unspecified atom stereocenters. The number of anilines is 1. The molecule has 156 valence electrons. The Morgan fingerprint density at radius 2 is 1.80 bits per heavy atom. The number of fused-ring (bicyclic) bond motifs is 5. The molecule has 0 aliphatic carbocycles. The average Bonchev–Trinajstić information content (AvgIpc) is 3.31. The third-order valence-electron chi connectivity index (χ3n) is 5.31. The number of nitrogens with zero attached hydrogens (tertiary/aromatic N) is 2. The van der Waals surface area contributed by atoms with E-state index in [1.165, 1.54) is 36.4 Å². The van der Waals surface area contributed by atoms with E-state index in [4.69, 9.17) is 14.2 Å². The number of carbonyl (C=O) groups excluding carboxylic acids is 4. The Morgan fingerprint density at radius 1 is 1.17 bits per heavy atom. The van der Waals surface area contributed by atoms with Crippen LogP contribution < -0.4 is 4.90 Å². The number of hydrogen-bond donors (Lipinski definition) is 0. The molecule has 2 fully saturated rings. The predicted molar refractivity (Wildman–Crippen MR) is 96.6 cm³/mol. The smallest absolute Gasteiger partial charge is 0.305 e. The number of hydrogen-bond acceptors (Lipinski definition) is 9. The van der Waals surface area contributed by atoms with E-state index in [1.54, 1.807) is 0 Å². The maximum absolute atomic E-state index is 13.3. The number of amides is 2. The van der Waals surface area contributed by atoms with Crippen LogP contribution >= 0.6 is 0 Å². The summed E-state index contributed by atoms with van der Waals surface area (Å²) in [5.74, 6) is -5.21. The molecule has 0 N–H and O–H groups in total. The van der Waals surface area contributed by atoms with Gasteiger partial charge in [0.25, 0.3) is 12.0 Å². The topological polar surface area (TPSA) is 142 Å². The number of nitro benzene ring substituents is 1. The zero-order valence-corrected chi connectivity index (χ0v) is 15.8. The number of rotatable bonds is 5. The molecule has 3 aliphatic rings. The number of esters is 2. The van der Waals surface area contributed by atoms with E-state index in [-0.39, 0.29) is 5.69 Å². The van der Waals surface area contributed by atoms with Crippen molar-refractivity contribution < 1.29 is 38.3 Å². The SMILES string of the molecule is CC(=O)OC(OC(C)=O)[C@]12C=C[C@@H](O1)[C@H]1C(=O)N(c3ccccc3[N+](=O)[O-])C(=O)[C@@H]12. The Balaban J connectivity index is 1.78. The molecule has 11 nitrogen and oxygen atoms in total. The van der Waals surface area contributed by atoms with Gasteiger partial charge in [0.2, 0.25) is 11.8 Å². The fourth-order valence-electron chi connectivity index (χ4n) is 4.26. The first-order valence-electron chi connectivity index (χ1n) is 9.00. The lowest BCUT2D eigenvalue weighted by Gasteiger charge is -2.34. The predicted octanol–water partition coefficient (Wildman–Crippen LogP) is 0.860. The highest BCUT2D eigenvalue weighted by Crippen LogP contribution is 2.55. The summed E-state index contributed by atoms with van der Waals surface area (Å²) in [6.45, 7) is 2.19. The van der Waals surface area contributed by atoms with E-state index < -0.39 is 64.2 Å². The summed E-state index contributed by atoms with van der Waals surface area (Å²) >= 11 is 0. The molecule has 1 aromatic carbocycles. The Kier molecular flexibility index (Phi) is 4.42. The van der Waals surface area contributed by atoms with Gasteiger partial charge in [-0.3, -0.25) is 29.3 Å². The number of ether oxygens (including phenoxy) is 3. The summed E-state index contributed by atoms with van der Waals surface area (Å²) < 4.78 is 16.1. The van der Waals surface area contributed by atoms with Crippen LogP contribution in [0.5, 0.6) is 0 Å². The summed E-state index contributed by atoms with van der Waals surface area (Å²) in [6.07, 6.45) is 0.512. The maximum Gasteiger partial charge on any atom is 0.305 e. The van der Waals surface area contributed by atoms with Crippen molar-refractivity contribution in [3.8, 4) is 0 Å². The minimum Gasteiger partial charge on any atom is -0.422 e. The van der Waals surface area contributed by atoms with Gasteiger partial charge >= 0.3 is 11.9 Å². The van der Waals surface area contributed by atoms with Gasteiger partial charge in [-0.25, -0.2) is 4.90 Å². The normalized spacial score (nSPS) is 28.8. The number of imide groups is 1. The van der Waals surface area contributed by atoms with Crippen LogP contribution in [0.4, 0.5) is 11.4 Å². The van der Waals surface area contributed by atoms with Crippen molar-refractivity contribution in [1.29, 1.82) is 0 Å². The van der Waals surface area contributed by atoms with Gasteiger partial charge in [-0.15, -0.1) is 0 Å². The van der Waals surface area contributed by atoms with Crippen molar-refractivity contribution in [2.24, 2.45) is 11.8 Å². The molecule has 0 spiro atoms. The third kappa shape index (κ3) is 2.70. The van der Waals surface area contributed by atoms with Crippen LogP contribution in [0.25, 0.3) is 0 Å². The van der Waals surface area contributed by atoms with Crippen LogP contribution in [-0.2, 0) is 33.4 Å². The van der Waals surface area contributed by atoms with Gasteiger partial charge in [-0.05, 0) is 12.1 Å². The van der Waals surface area contributed by atoms with E-state index in [9.17, 15) is 29.3 Å². The molecule has 2 saturated heterocycles. The van der Waals surface area contributed by atoms with Gasteiger partial charge in [0.1, 0.15) is 5.69 Å². The number of para-hydroxylation sites is 2. The van der Waals surface area contributed by atoms with Crippen molar-refractivity contribution in [3.63, 3.8) is 0 Å². The van der Waals surface area contributed by atoms with Gasteiger partial charge in [0, 0.05) is 19.9 Å². The van der Waals surface area contributed by atoms with Gasteiger partial charge in [0.15, 0.2) is 5.60 Å². The van der Waals surface area contributed by atoms with Crippen molar-refractivity contribution >= 4 is 35.1 Å². The Morgan fingerprint density at radius 3 is 2.40 bits per heavy atom. The van der Waals surface area contributed by atoms with E-state index >= 15 is 0 Å². The van der Waals surface area contributed by atoms with Crippen molar-refractivity contribution in [3.05, 3.63) is 46.5 Å². The second-order valence-corrected chi connectivity index (χ2v) is 7.11. The zero-order valence-electron chi connectivity index (χ0n) is 15.8. The lowest BCUT2D eigenvalue weighted by Crippen LogP contribution is -2.52. The van der Waals surface area contributed by atoms with Crippen molar-refractivity contribution in [1.82, 2.24) is 0 Å². The van der Waals surface area contributed by atoms with Crippen molar-refractivity contribution in [2.45, 2.75) is 31.8 Å². The molecular formula is C19H16N2O9. The fraction of sp³-hybridized carbons (Fsp3) is 0.368. The van der Waals surface area contributed by atoms with Crippen LogP contribution in [-0.4, -0.2) is 46.7 Å². The highest BCUT2D eigenvalue weighted by atomic mass is 16.7. The lowest BCUT2D eigenvalue weighted by atomic mass is 9.76. The van der Waals surface area contributed by atoms with Gasteiger partial charge in [0.05, 0.1) is 22.9 Å². The Bertz CT molecular complexity index is 1000. The summed E-state index contributed by atoms with van der Waals surface area (Å²) in [7, 11) is 0. The molecule has 3 heterocycles. The van der Waals surface area contributed by atoms with Gasteiger partial charge < -0.3 is 14.2 Å². The Labute approximate surface area is 169 Å². The molecule has 2 amide bonds. The molecule has 2 bridgehead atoms. The molecule has 0 radical (unpaired) electrons. The Hall–Kier alpha value is -3.60. The van der Waals surface area contributed by atoms with E-state index in [0.29, 0.717) is 0 Å². The number of benzene rings is 1. The first-order chi connectivity index (χ1) is 14.2. The molecule has 3 aliphatic heterocycles. The minimum absolute atomic E-state index is 0.169. The van der Waals surface area contributed by atoms with Crippen LogP contribution in [0.2, 0.25) is 0 Å². The maximum atomic E-state index is 13.3. The molecule has 4 rings (SSSR count). The second-order valence-electron chi connectivity index (χ2n) is 7.11. The van der Waals surface area contributed by atoms with Crippen molar-refractivity contribution in [2.75, 3.05) is 4.90 Å². The van der Waals surface area contributed by atoms with Crippen LogP contribution in [0, 0.1) is 22.0 Å². The molecule has 4 atom stereocenters. The zero-order chi connectivity index (χ0) is 21.8. The van der Waals surface area contributed by atoms with Crippen LogP contribution in [0.15, 0.2) is 36.4 Å². The summed E-state index contributed by atoms with van der Waals surface area (Å²) in [5.41, 5.74) is -2.29. The van der Waals surface area contributed by atoms with Crippen LogP contribution in [0.1, 0.15) is 13.8 Å². The standard InChI is InChI=1S/C19H16N2O9/c1-9(22)28-18(29-10(2)23)19-8-7-13(30-19)14-15(19)17(25)20(16(14)24)11-5-3-4-6-12(11)21(26)27/h3-8,13-15,18H,1-2H3/t13-,14-,15-,19-/m1/s1. The summed E-state index contributed by atoms with van der Waals surface area (Å²) in [5, 5.41) is 11.4. The van der Waals surface area contributed by atoms with E-state index in [2.05, 4.69) is 0 Å². The highest BCUT2D eigenvalue weighted by Gasteiger charge is 2.72. The number of carbonyl (C=O) groups is 4. The molecule has 0 saturated carbocycles. The third-order valence-corrected chi connectivity index (χ3v) is 5.31. The monoisotopic (exact) mass is 416 g/mol. The van der Waals surface area contributed by atoms with Crippen LogP contribution in [0.3, 0.4) is 0 Å². The molecular weight excluding hydrogens is 400 g/mol. The molecule has 0 aromatic heterocycles. The number of nitro groups is 1. The largest absolute Gasteiger partial charge is 0.422 e. The molecule has 11 heteroatoms. The molecule has 1 aromatic rings. The van der Waals surface area contributed by atoms with E-state index in [0.717, 1.165) is 18.7 Å². The summed E-state index contributed by atoms with van der Waals surface area (Å²) in [4.78, 5) is 61.1. The first kappa shape index (κ1) is 19.7. The minimum atomic E-state index is -1.71. The fourth-order valence-corrected chi connectivity index (χ4v) is 4.26. The molecule has 30 heavy (non-hydrogen) atoms. The van der Waals surface area contributed by atoms with E-state index in [1.807, 2.05) is 0 Å². The van der Waals surface area contributed by atoms with Gasteiger partial charge in [-0.1, -0.05) is 18.2 Å². The highest BCUT2D eigenvalue weighted by molar-refractivity contribution is 6.24. The quantitative estimate of drug-likeness (QED) is 0.170. The average molecular weight is 416 g/mol. The van der Waals surface area contributed by atoms with Gasteiger partial charge in [-0.2, -0.15) is 0 Å². The second kappa shape index (κ2) is 6.73.